The fraction of sp³-hybridized carbons (Fsp3) is 0.300. The van der Waals surface area contributed by atoms with E-state index in [0.29, 0.717) is 0 Å². The molecule has 1 aromatic rings. The van der Waals surface area contributed by atoms with Crippen LogP contribution in [0.4, 0.5) is 0 Å². The van der Waals surface area contributed by atoms with Crippen molar-refractivity contribution in [3.8, 4) is 5.75 Å². The number of ether oxygens (including phenoxy) is 1. The summed E-state index contributed by atoms with van der Waals surface area (Å²) in [4.78, 5) is 10.6. The van der Waals surface area contributed by atoms with Gasteiger partial charge in [0.1, 0.15) is 5.75 Å². The van der Waals surface area contributed by atoms with Gasteiger partial charge in [0.05, 0.1) is 13.5 Å². The molecule has 0 fully saturated rings. The number of carbonyl (C=O) groups is 1. The lowest BCUT2D eigenvalue weighted by Crippen LogP contribution is -2.13. The first-order valence-electron chi connectivity index (χ1n) is 4.05. The SMILES string of the molecule is COc1ccc(CC(N)=O)cc1C.Cl. The van der Waals surface area contributed by atoms with Crippen LogP contribution in [0, 0.1) is 6.92 Å². The Morgan fingerprint density at radius 3 is 2.57 bits per heavy atom. The van der Waals surface area contributed by atoms with Crippen molar-refractivity contribution >= 4 is 18.3 Å². The first-order chi connectivity index (χ1) is 6.13. The first-order valence-corrected chi connectivity index (χ1v) is 4.05. The van der Waals surface area contributed by atoms with Gasteiger partial charge in [-0.3, -0.25) is 4.79 Å². The smallest absolute Gasteiger partial charge is 0.221 e. The third-order valence-corrected chi connectivity index (χ3v) is 1.84. The van der Waals surface area contributed by atoms with Gasteiger partial charge in [0.15, 0.2) is 0 Å². The second-order valence-corrected chi connectivity index (χ2v) is 2.95. The monoisotopic (exact) mass is 215 g/mol. The Morgan fingerprint density at radius 1 is 1.50 bits per heavy atom. The van der Waals surface area contributed by atoms with Crippen LogP contribution in [-0.2, 0) is 11.2 Å². The maximum atomic E-state index is 10.6. The number of halogens is 1. The maximum absolute atomic E-state index is 10.6. The lowest BCUT2D eigenvalue weighted by molar-refractivity contribution is -0.117. The van der Waals surface area contributed by atoms with Crippen molar-refractivity contribution in [2.24, 2.45) is 5.73 Å². The molecular weight excluding hydrogens is 202 g/mol. The van der Waals surface area contributed by atoms with Crippen molar-refractivity contribution in [3.05, 3.63) is 29.3 Å². The van der Waals surface area contributed by atoms with E-state index in [2.05, 4.69) is 0 Å². The lowest BCUT2D eigenvalue weighted by Gasteiger charge is -2.05. The van der Waals surface area contributed by atoms with Crippen LogP contribution in [0.5, 0.6) is 5.75 Å². The molecule has 0 saturated heterocycles. The Balaban J connectivity index is 0.00000169. The molecule has 1 aromatic carbocycles. The molecule has 3 nitrogen and oxygen atoms in total. The van der Waals surface area contributed by atoms with E-state index < -0.39 is 0 Å². The first kappa shape index (κ1) is 12.8. The van der Waals surface area contributed by atoms with Gasteiger partial charge >= 0.3 is 0 Å². The maximum Gasteiger partial charge on any atom is 0.221 e. The minimum absolute atomic E-state index is 0. The molecule has 0 radical (unpaired) electrons. The van der Waals surface area contributed by atoms with Crippen LogP contribution in [0.15, 0.2) is 18.2 Å². The molecule has 14 heavy (non-hydrogen) atoms. The van der Waals surface area contributed by atoms with Crippen LogP contribution < -0.4 is 10.5 Å². The van der Waals surface area contributed by atoms with Gasteiger partial charge in [0.2, 0.25) is 5.91 Å². The molecule has 0 atom stereocenters. The van der Waals surface area contributed by atoms with E-state index in [9.17, 15) is 4.79 Å². The Bertz CT molecular complexity index is 326. The third-order valence-electron chi connectivity index (χ3n) is 1.84. The van der Waals surface area contributed by atoms with Crippen LogP contribution >= 0.6 is 12.4 Å². The minimum Gasteiger partial charge on any atom is -0.496 e. The molecule has 0 heterocycles. The van der Waals surface area contributed by atoms with Gasteiger partial charge in [-0.05, 0) is 24.1 Å². The second kappa shape index (κ2) is 5.50. The number of primary amides is 1. The molecule has 0 spiro atoms. The average molecular weight is 216 g/mol. The van der Waals surface area contributed by atoms with Crippen LogP contribution in [0.25, 0.3) is 0 Å². The van der Waals surface area contributed by atoms with Crippen molar-refractivity contribution in [2.45, 2.75) is 13.3 Å². The van der Waals surface area contributed by atoms with E-state index in [1.54, 1.807) is 7.11 Å². The van der Waals surface area contributed by atoms with Crippen molar-refractivity contribution in [2.75, 3.05) is 7.11 Å². The molecule has 0 aliphatic heterocycles. The molecule has 0 aliphatic carbocycles. The van der Waals surface area contributed by atoms with Gasteiger partial charge in [-0.25, -0.2) is 0 Å². The summed E-state index contributed by atoms with van der Waals surface area (Å²) in [6, 6.07) is 5.59. The van der Waals surface area contributed by atoms with E-state index >= 15 is 0 Å². The summed E-state index contributed by atoms with van der Waals surface area (Å²) in [5.41, 5.74) is 7.01. The molecule has 0 saturated carbocycles. The number of aryl methyl sites for hydroxylation is 1. The van der Waals surface area contributed by atoms with Crippen LogP contribution in [0.3, 0.4) is 0 Å². The van der Waals surface area contributed by atoms with Crippen molar-refractivity contribution in [3.63, 3.8) is 0 Å². The number of carbonyl (C=O) groups excluding carboxylic acids is 1. The topological polar surface area (TPSA) is 52.3 Å². The summed E-state index contributed by atoms with van der Waals surface area (Å²) < 4.78 is 5.09. The van der Waals surface area contributed by atoms with Gasteiger partial charge in [-0.2, -0.15) is 0 Å². The Hall–Kier alpha value is -1.22. The van der Waals surface area contributed by atoms with E-state index in [-0.39, 0.29) is 24.7 Å². The van der Waals surface area contributed by atoms with Crippen molar-refractivity contribution in [1.82, 2.24) is 0 Å². The van der Waals surface area contributed by atoms with Gasteiger partial charge in [-0.1, -0.05) is 12.1 Å². The molecular formula is C10H14ClNO2. The van der Waals surface area contributed by atoms with Gasteiger partial charge in [0.25, 0.3) is 0 Å². The molecule has 1 rings (SSSR count). The van der Waals surface area contributed by atoms with Crippen molar-refractivity contribution < 1.29 is 9.53 Å². The quantitative estimate of drug-likeness (QED) is 0.830. The highest BCUT2D eigenvalue weighted by molar-refractivity contribution is 5.85. The van der Waals surface area contributed by atoms with Crippen LogP contribution in [0.2, 0.25) is 0 Å². The highest BCUT2D eigenvalue weighted by atomic mass is 35.5. The summed E-state index contributed by atoms with van der Waals surface area (Å²) in [5.74, 6) is 0.512. The zero-order valence-corrected chi connectivity index (χ0v) is 9.06. The molecule has 1 amide bonds. The molecule has 0 bridgehead atoms. The molecule has 0 unspecified atom stereocenters. The largest absolute Gasteiger partial charge is 0.496 e. The standard InChI is InChI=1S/C10H13NO2.ClH/c1-7-5-8(6-10(11)12)3-4-9(7)13-2;/h3-5H,6H2,1-2H3,(H2,11,12);1H. The highest BCUT2D eigenvalue weighted by Gasteiger charge is 2.01. The predicted octanol–water partition coefficient (Wildman–Crippen LogP) is 1.45. The highest BCUT2D eigenvalue weighted by Crippen LogP contribution is 2.18. The zero-order chi connectivity index (χ0) is 9.84. The summed E-state index contributed by atoms with van der Waals surface area (Å²) in [6.07, 6.45) is 0.283. The molecule has 78 valence electrons. The third kappa shape index (κ3) is 3.26. The predicted molar refractivity (Wildman–Crippen MR) is 57.9 cm³/mol. The average Bonchev–Trinajstić information content (AvgIpc) is 2.03. The van der Waals surface area contributed by atoms with Gasteiger partial charge in [-0.15, -0.1) is 12.4 Å². The number of hydrogen-bond donors (Lipinski definition) is 1. The van der Waals surface area contributed by atoms with Crippen LogP contribution in [-0.4, -0.2) is 13.0 Å². The molecule has 0 aromatic heterocycles. The molecule has 2 N–H and O–H groups in total. The number of benzene rings is 1. The fourth-order valence-corrected chi connectivity index (χ4v) is 1.25. The molecule has 0 aliphatic rings. The van der Waals surface area contributed by atoms with E-state index in [0.717, 1.165) is 16.9 Å². The number of nitrogens with two attached hydrogens (primary N) is 1. The van der Waals surface area contributed by atoms with E-state index in [1.807, 2.05) is 25.1 Å². The summed E-state index contributed by atoms with van der Waals surface area (Å²) >= 11 is 0. The van der Waals surface area contributed by atoms with E-state index in [4.69, 9.17) is 10.5 Å². The van der Waals surface area contributed by atoms with Crippen molar-refractivity contribution in [1.29, 1.82) is 0 Å². The number of amides is 1. The minimum atomic E-state index is -0.315. The lowest BCUT2D eigenvalue weighted by atomic mass is 10.1. The second-order valence-electron chi connectivity index (χ2n) is 2.95. The fourth-order valence-electron chi connectivity index (χ4n) is 1.25. The Kier molecular flexibility index (Phi) is 5.02. The number of methoxy groups -OCH3 is 1. The number of rotatable bonds is 3. The Morgan fingerprint density at radius 2 is 2.14 bits per heavy atom. The molecule has 4 heteroatoms. The van der Waals surface area contributed by atoms with E-state index in [1.165, 1.54) is 0 Å². The van der Waals surface area contributed by atoms with Crippen LogP contribution in [0.1, 0.15) is 11.1 Å². The summed E-state index contributed by atoms with van der Waals surface area (Å²) in [6.45, 7) is 1.93. The Labute approximate surface area is 89.7 Å². The van der Waals surface area contributed by atoms with Gasteiger partial charge < -0.3 is 10.5 Å². The normalized spacial score (nSPS) is 9.00. The number of hydrogen-bond acceptors (Lipinski definition) is 2. The zero-order valence-electron chi connectivity index (χ0n) is 8.24. The summed E-state index contributed by atoms with van der Waals surface area (Å²) in [5, 5.41) is 0. The summed E-state index contributed by atoms with van der Waals surface area (Å²) in [7, 11) is 1.62. The van der Waals surface area contributed by atoms with Gasteiger partial charge in [0, 0.05) is 0 Å².